The molecule has 21 heavy (non-hydrogen) atoms. The summed E-state index contributed by atoms with van der Waals surface area (Å²) in [5.41, 5.74) is 2.27. The number of hydrogen-bond acceptors (Lipinski definition) is 1. The van der Waals surface area contributed by atoms with Gasteiger partial charge in [0.05, 0.1) is 0 Å². The molecule has 1 atom stereocenters. The van der Waals surface area contributed by atoms with Crippen LogP contribution in [-0.2, 0) is 0 Å². The maximum atomic E-state index is 13.4. The molecule has 2 heterocycles. The SMILES string of the molecule is CCC1CCCCN1C(=O)c1[nH]c2ccc(F)cc2c1C. The molecule has 0 spiro atoms. The van der Waals surface area contributed by atoms with Crippen LogP contribution >= 0.6 is 0 Å². The fourth-order valence-electron chi connectivity index (χ4n) is 3.35. The number of halogens is 1. The van der Waals surface area contributed by atoms with Crippen molar-refractivity contribution in [3.05, 3.63) is 35.3 Å². The largest absolute Gasteiger partial charge is 0.350 e. The zero-order valence-electron chi connectivity index (χ0n) is 12.6. The van der Waals surface area contributed by atoms with Gasteiger partial charge in [0.2, 0.25) is 0 Å². The summed E-state index contributed by atoms with van der Waals surface area (Å²) in [6, 6.07) is 4.93. The molecule has 1 N–H and O–H groups in total. The first-order valence-electron chi connectivity index (χ1n) is 7.70. The number of aryl methyl sites for hydroxylation is 1. The summed E-state index contributed by atoms with van der Waals surface area (Å²) in [5.74, 6) is -0.219. The first-order valence-corrected chi connectivity index (χ1v) is 7.70. The molecule has 1 aromatic heterocycles. The molecule has 0 radical (unpaired) electrons. The zero-order valence-corrected chi connectivity index (χ0v) is 12.6. The minimum absolute atomic E-state index is 0.0515. The van der Waals surface area contributed by atoms with Crippen molar-refractivity contribution < 1.29 is 9.18 Å². The molecule has 4 heteroatoms. The highest BCUT2D eigenvalue weighted by Crippen LogP contribution is 2.27. The second-order valence-electron chi connectivity index (χ2n) is 5.87. The highest BCUT2D eigenvalue weighted by atomic mass is 19.1. The number of carbonyl (C=O) groups excluding carboxylic acids is 1. The first kappa shape index (κ1) is 14.1. The number of amides is 1. The summed E-state index contributed by atoms with van der Waals surface area (Å²) in [6.45, 7) is 4.83. The van der Waals surface area contributed by atoms with E-state index in [9.17, 15) is 9.18 Å². The molecule has 1 fully saturated rings. The highest BCUT2D eigenvalue weighted by Gasteiger charge is 2.28. The molecule has 0 aliphatic carbocycles. The molecule has 1 aliphatic rings. The Labute approximate surface area is 124 Å². The molecule has 1 saturated heterocycles. The third-order valence-electron chi connectivity index (χ3n) is 4.59. The predicted molar refractivity (Wildman–Crippen MR) is 82.0 cm³/mol. The maximum Gasteiger partial charge on any atom is 0.270 e. The smallest absolute Gasteiger partial charge is 0.270 e. The van der Waals surface area contributed by atoms with Gasteiger partial charge in [-0.2, -0.15) is 0 Å². The second-order valence-corrected chi connectivity index (χ2v) is 5.87. The molecule has 1 aliphatic heterocycles. The Kier molecular flexibility index (Phi) is 3.70. The van der Waals surface area contributed by atoms with E-state index in [1.807, 2.05) is 11.8 Å². The van der Waals surface area contributed by atoms with Gasteiger partial charge in [0.25, 0.3) is 5.91 Å². The molecule has 3 rings (SSSR count). The molecule has 1 unspecified atom stereocenters. The van der Waals surface area contributed by atoms with Gasteiger partial charge in [0.1, 0.15) is 11.5 Å². The van der Waals surface area contributed by atoms with Crippen LogP contribution in [0.1, 0.15) is 48.7 Å². The van der Waals surface area contributed by atoms with Gasteiger partial charge in [-0.15, -0.1) is 0 Å². The van der Waals surface area contributed by atoms with E-state index in [4.69, 9.17) is 0 Å². The molecule has 0 bridgehead atoms. The fourth-order valence-corrected chi connectivity index (χ4v) is 3.35. The average molecular weight is 288 g/mol. The second kappa shape index (κ2) is 5.51. The van der Waals surface area contributed by atoms with E-state index >= 15 is 0 Å². The van der Waals surface area contributed by atoms with E-state index in [0.29, 0.717) is 11.7 Å². The number of aromatic nitrogens is 1. The molecule has 112 valence electrons. The Hall–Kier alpha value is -1.84. The number of hydrogen-bond donors (Lipinski definition) is 1. The lowest BCUT2D eigenvalue weighted by molar-refractivity contribution is 0.0602. The molecule has 3 nitrogen and oxygen atoms in total. The molecule has 1 amide bonds. The quantitative estimate of drug-likeness (QED) is 0.890. The topological polar surface area (TPSA) is 36.1 Å². The lowest BCUT2D eigenvalue weighted by Gasteiger charge is -2.35. The van der Waals surface area contributed by atoms with Gasteiger partial charge in [-0.05, 0) is 56.4 Å². The van der Waals surface area contributed by atoms with Crippen LogP contribution < -0.4 is 0 Å². The number of rotatable bonds is 2. The normalized spacial score (nSPS) is 19.2. The summed E-state index contributed by atoms with van der Waals surface area (Å²) < 4.78 is 13.4. The Morgan fingerprint density at radius 3 is 3.00 bits per heavy atom. The molecular weight excluding hydrogens is 267 g/mol. The number of fused-ring (bicyclic) bond motifs is 1. The van der Waals surface area contributed by atoms with Crippen molar-refractivity contribution in [2.75, 3.05) is 6.54 Å². The van der Waals surface area contributed by atoms with E-state index < -0.39 is 0 Å². The third kappa shape index (κ3) is 2.43. The molecule has 2 aromatic rings. The van der Waals surface area contributed by atoms with Crippen LogP contribution in [0.2, 0.25) is 0 Å². The van der Waals surface area contributed by atoms with Crippen molar-refractivity contribution in [3.8, 4) is 0 Å². The number of piperidine rings is 1. The fraction of sp³-hybridized carbons (Fsp3) is 0.471. The number of benzene rings is 1. The summed E-state index contributed by atoms with van der Waals surface area (Å²) in [6.07, 6.45) is 4.32. The van der Waals surface area contributed by atoms with E-state index in [1.54, 1.807) is 6.07 Å². The Morgan fingerprint density at radius 1 is 1.43 bits per heavy atom. The van der Waals surface area contributed by atoms with Crippen molar-refractivity contribution in [3.63, 3.8) is 0 Å². The van der Waals surface area contributed by atoms with E-state index in [-0.39, 0.29) is 11.7 Å². The van der Waals surface area contributed by atoms with E-state index in [1.165, 1.54) is 18.6 Å². The minimum Gasteiger partial charge on any atom is -0.350 e. The van der Waals surface area contributed by atoms with Crippen LogP contribution in [-0.4, -0.2) is 28.4 Å². The van der Waals surface area contributed by atoms with Crippen LogP contribution in [0, 0.1) is 12.7 Å². The van der Waals surface area contributed by atoms with Crippen LogP contribution in [0.5, 0.6) is 0 Å². The minimum atomic E-state index is -0.270. The molecule has 0 saturated carbocycles. The first-order chi connectivity index (χ1) is 10.1. The van der Waals surface area contributed by atoms with Crippen LogP contribution in [0.4, 0.5) is 4.39 Å². The third-order valence-corrected chi connectivity index (χ3v) is 4.59. The van der Waals surface area contributed by atoms with Gasteiger partial charge >= 0.3 is 0 Å². The van der Waals surface area contributed by atoms with Crippen molar-refractivity contribution in [2.24, 2.45) is 0 Å². The predicted octanol–water partition coefficient (Wildman–Crippen LogP) is 4.02. The summed E-state index contributed by atoms with van der Waals surface area (Å²) in [7, 11) is 0. The van der Waals surface area contributed by atoms with Crippen LogP contribution in [0.25, 0.3) is 10.9 Å². The van der Waals surface area contributed by atoms with E-state index in [0.717, 1.165) is 42.3 Å². The van der Waals surface area contributed by atoms with Gasteiger partial charge in [0.15, 0.2) is 0 Å². The van der Waals surface area contributed by atoms with Crippen LogP contribution in [0.15, 0.2) is 18.2 Å². The van der Waals surface area contributed by atoms with Gasteiger partial charge < -0.3 is 9.88 Å². The highest BCUT2D eigenvalue weighted by molar-refractivity contribution is 6.01. The number of H-pyrrole nitrogens is 1. The van der Waals surface area contributed by atoms with E-state index in [2.05, 4.69) is 11.9 Å². The van der Waals surface area contributed by atoms with Gasteiger partial charge in [0, 0.05) is 23.5 Å². The lowest BCUT2D eigenvalue weighted by atomic mass is 9.99. The number of aromatic amines is 1. The average Bonchev–Trinajstić information content (AvgIpc) is 2.83. The zero-order chi connectivity index (χ0) is 15.0. The van der Waals surface area contributed by atoms with Crippen molar-refractivity contribution >= 4 is 16.8 Å². The molecular formula is C17H21FN2O. The van der Waals surface area contributed by atoms with Gasteiger partial charge in [-0.3, -0.25) is 4.79 Å². The number of likely N-dealkylation sites (tertiary alicyclic amines) is 1. The van der Waals surface area contributed by atoms with Crippen molar-refractivity contribution in [2.45, 2.75) is 45.6 Å². The maximum absolute atomic E-state index is 13.4. The van der Waals surface area contributed by atoms with Crippen molar-refractivity contribution in [1.29, 1.82) is 0 Å². The number of nitrogens with one attached hydrogen (secondary N) is 1. The lowest BCUT2D eigenvalue weighted by Crippen LogP contribution is -2.43. The Balaban J connectivity index is 1.99. The monoisotopic (exact) mass is 288 g/mol. The molecule has 1 aromatic carbocycles. The summed E-state index contributed by atoms with van der Waals surface area (Å²) in [5, 5.41) is 0.795. The Morgan fingerprint density at radius 2 is 2.24 bits per heavy atom. The van der Waals surface area contributed by atoms with Gasteiger partial charge in [-0.25, -0.2) is 4.39 Å². The van der Waals surface area contributed by atoms with Gasteiger partial charge in [-0.1, -0.05) is 6.92 Å². The van der Waals surface area contributed by atoms with Crippen molar-refractivity contribution in [1.82, 2.24) is 9.88 Å². The number of carbonyl (C=O) groups is 1. The Bertz CT molecular complexity index is 677. The van der Waals surface area contributed by atoms with Crippen LogP contribution in [0.3, 0.4) is 0 Å². The number of nitrogens with zero attached hydrogens (tertiary/aromatic N) is 1. The summed E-state index contributed by atoms with van der Waals surface area (Å²) in [4.78, 5) is 18.0. The standard InChI is InChI=1S/C17H21FN2O/c1-3-13-6-4-5-9-20(13)17(21)16-11(2)14-10-12(18)7-8-15(14)19-16/h7-8,10,13,19H,3-6,9H2,1-2H3. The summed E-state index contributed by atoms with van der Waals surface area (Å²) >= 11 is 0.